The average Bonchev–Trinajstić information content (AvgIpc) is 3.25. The van der Waals surface area contributed by atoms with E-state index in [0.29, 0.717) is 11.4 Å². The second-order valence-corrected chi connectivity index (χ2v) is 10.1. The maximum absolute atomic E-state index is 12.7. The van der Waals surface area contributed by atoms with Crippen LogP contribution in [0.25, 0.3) is 11.0 Å². The highest BCUT2D eigenvalue weighted by Gasteiger charge is 2.44. The number of carbonyl (C=O) groups excluding carboxylic acids is 3. The van der Waals surface area contributed by atoms with Crippen LogP contribution < -0.4 is 10.2 Å². The Labute approximate surface area is 191 Å². The first-order valence-electron chi connectivity index (χ1n) is 11.4. The van der Waals surface area contributed by atoms with Crippen molar-refractivity contribution in [2.24, 2.45) is 0 Å². The molecule has 0 radical (unpaired) electrons. The van der Waals surface area contributed by atoms with E-state index in [1.54, 1.807) is 0 Å². The Hall–Kier alpha value is -3.14. The monoisotopic (exact) mass is 455 g/mol. The predicted molar refractivity (Wildman–Crippen MR) is 120 cm³/mol. The molecule has 1 N–H and O–H groups in total. The highest BCUT2D eigenvalue weighted by Crippen LogP contribution is 2.33. The first kappa shape index (κ1) is 21.7. The Balaban J connectivity index is 1.30. The van der Waals surface area contributed by atoms with Gasteiger partial charge in [0.15, 0.2) is 11.4 Å². The summed E-state index contributed by atoms with van der Waals surface area (Å²) in [6, 6.07) is 5.68. The van der Waals surface area contributed by atoms with Crippen LogP contribution in [0.4, 0.5) is 15.4 Å². The van der Waals surface area contributed by atoms with Gasteiger partial charge < -0.3 is 9.26 Å². The van der Waals surface area contributed by atoms with Gasteiger partial charge in [0.1, 0.15) is 5.60 Å². The number of nitrogens with zero attached hydrogens (tertiary/aromatic N) is 4. The van der Waals surface area contributed by atoms with Crippen LogP contribution in [-0.2, 0) is 16.1 Å². The van der Waals surface area contributed by atoms with Crippen LogP contribution in [0, 0.1) is 0 Å². The molecule has 176 valence electrons. The number of nitrogens with one attached hydrogen (secondary N) is 1. The van der Waals surface area contributed by atoms with Crippen molar-refractivity contribution in [3.8, 4) is 0 Å². The van der Waals surface area contributed by atoms with E-state index in [2.05, 4.69) is 15.4 Å². The number of hydrogen-bond acceptors (Lipinski definition) is 7. The van der Waals surface area contributed by atoms with Gasteiger partial charge in [-0.15, -0.1) is 0 Å². The van der Waals surface area contributed by atoms with E-state index >= 15 is 0 Å². The van der Waals surface area contributed by atoms with E-state index in [4.69, 9.17) is 9.26 Å². The third-order valence-electron chi connectivity index (χ3n) is 6.39. The molecule has 3 fully saturated rings. The number of amides is 4. The lowest BCUT2D eigenvalue weighted by Gasteiger charge is -2.41. The summed E-state index contributed by atoms with van der Waals surface area (Å²) in [5.74, 6) is 0.136. The molecule has 0 spiro atoms. The molecule has 3 aliphatic heterocycles. The smallest absolute Gasteiger partial charge is 0.410 e. The van der Waals surface area contributed by atoms with Gasteiger partial charge in [-0.3, -0.25) is 24.8 Å². The van der Waals surface area contributed by atoms with Gasteiger partial charge in [-0.25, -0.2) is 9.59 Å². The number of ether oxygens (including phenoxy) is 1. The Morgan fingerprint density at radius 2 is 1.94 bits per heavy atom. The summed E-state index contributed by atoms with van der Waals surface area (Å²) >= 11 is 0. The topological polar surface area (TPSA) is 108 Å². The number of imide groups is 1. The summed E-state index contributed by atoms with van der Waals surface area (Å²) in [6.45, 7) is 8.26. The Bertz CT molecular complexity index is 1090. The number of piperazine rings is 1. The van der Waals surface area contributed by atoms with Crippen LogP contribution in [0.5, 0.6) is 0 Å². The molecule has 3 aliphatic rings. The average molecular weight is 456 g/mol. The van der Waals surface area contributed by atoms with Crippen LogP contribution in [0.1, 0.15) is 45.6 Å². The van der Waals surface area contributed by atoms with Gasteiger partial charge in [-0.05, 0) is 51.3 Å². The molecular formula is C23H29N5O5. The number of hydrogen-bond donors (Lipinski definition) is 1. The van der Waals surface area contributed by atoms with Gasteiger partial charge in [0, 0.05) is 44.7 Å². The molecular weight excluding hydrogens is 426 g/mol. The lowest BCUT2D eigenvalue weighted by atomic mass is 10.1. The minimum atomic E-state index is -0.502. The zero-order valence-electron chi connectivity index (χ0n) is 19.2. The highest BCUT2D eigenvalue weighted by atomic mass is 16.6. The maximum atomic E-state index is 12.7. The van der Waals surface area contributed by atoms with Crippen molar-refractivity contribution >= 4 is 34.8 Å². The minimum absolute atomic E-state index is 0.156. The van der Waals surface area contributed by atoms with Gasteiger partial charge in [0.25, 0.3) is 0 Å². The van der Waals surface area contributed by atoms with Gasteiger partial charge in [0.05, 0.1) is 5.39 Å². The number of benzene rings is 1. The number of rotatable bonds is 3. The summed E-state index contributed by atoms with van der Waals surface area (Å²) in [7, 11) is 0. The summed E-state index contributed by atoms with van der Waals surface area (Å²) in [6.07, 6.45) is 1.98. The molecule has 1 aromatic heterocycles. The fourth-order valence-electron chi connectivity index (χ4n) is 5.02. The molecule has 10 heteroatoms. The van der Waals surface area contributed by atoms with Crippen LogP contribution in [0.3, 0.4) is 0 Å². The van der Waals surface area contributed by atoms with E-state index in [0.717, 1.165) is 43.4 Å². The predicted octanol–water partition coefficient (Wildman–Crippen LogP) is 2.86. The summed E-state index contributed by atoms with van der Waals surface area (Å²) in [5.41, 5.74) is 1.16. The number of carbonyl (C=O) groups is 3. The Kier molecular flexibility index (Phi) is 5.27. The van der Waals surface area contributed by atoms with Gasteiger partial charge >= 0.3 is 12.1 Å². The van der Waals surface area contributed by atoms with Crippen molar-refractivity contribution in [2.75, 3.05) is 24.5 Å². The van der Waals surface area contributed by atoms with Crippen LogP contribution >= 0.6 is 0 Å². The van der Waals surface area contributed by atoms with E-state index in [9.17, 15) is 14.4 Å². The van der Waals surface area contributed by atoms with Crippen LogP contribution in [0.2, 0.25) is 0 Å². The molecule has 4 amide bonds. The van der Waals surface area contributed by atoms with Crippen molar-refractivity contribution in [1.82, 2.24) is 20.3 Å². The summed E-state index contributed by atoms with van der Waals surface area (Å²) in [5, 5.41) is 7.15. The highest BCUT2D eigenvalue weighted by molar-refractivity contribution is 6.08. The molecule has 5 rings (SSSR count). The molecule has 2 bridgehead atoms. The number of aromatic nitrogens is 1. The van der Waals surface area contributed by atoms with E-state index in [1.807, 2.05) is 43.9 Å². The van der Waals surface area contributed by atoms with Crippen molar-refractivity contribution in [3.05, 3.63) is 23.8 Å². The zero-order chi connectivity index (χ0) is 23.3. The van der Waals surface area contributed by atoms with E-state index in [-0.39, 0.29) is 37.0 Å². The van der Waals surface area contributed by atoms with Gasteiger partial charge in [-0.2, -0.15) is 0 Å². The molecule has 4 heterocycles. The Morgan fingerprint density at radius 3 is 2.61 bits per heavy atom. The molecule has 2 atom stereocenters. The molecule has 1 aromatic carbocycles. The number of anilines is 1. The number of likely N-dealkylation sites (tertiary alicyclic amines) is 1. The normalized spacial score (nSPS) is 23.8. The largest absolute Gasteiger partial charge is 0.444 e. The third-order valence-corrected chi connectivity index (χ3v) is 6.39. The summed E-state index contributed by atoms with van der Waals surface area (Å²) < 4.78 is 11.0. The molecule has 0 unspecified atom stereocenters. The number of fused-ring (bicyclic) bond motifs is 3. The first-order chi connectivity index (χ1) is 15.7. The maximum Gasteiger partial charge on any atom is 0.410 e. The van der Waals surface area contributed by atoms with E-state index in [1.165, 1.54) is 4.90 Å². The second kappa shape index (κ2) is 8.02. The minimum Gasteiger partial charge on any atom is -0.444 e. The van der Waals surface area contributed by atoms with Crippen molar-refractivity contribution in [1.29, 1.82) is 0 Å². The molecule has 3 saturated heterocycles. The van der Waals surface area contributed by atoms with Crippen molar-refractivity contribution in [3.63, 3.8) is 0 Å². The van der Waals surface area contributed by atoms with Crippen LogP contribution in [-0.4, -0.2) is 70.3 Å². The second-order valence-electron chi connectivity index (χ2n) is 10.1. The van der Waals surface area contributed by atoms with E-state index < -0.39 is 11.6 Å². The standard InChI is InChI=1S/C23H29N5O5/c1-23(2,3)32-22(31)28-15-5-6-16(28)13-26(12-15)11-14-4-7-18-17(10-14)20(25-33-18)27-9-8-19(29)24-21(27)30/h4,7,10,15-16H,5-6,8-9,11-13H2,1-3H3,(H,24,29,30)/t15-,16+. The SMILES string of the molecule is CC(C)(C)OC(=O)N1[C@@H]2CC[C@H]1CN(Cc1ccc3onc(N4CCC(=O)NC4=O)c3c1)C2. The van der Waals surface area contributed by atoms with Crippen molar-refractivity contribution < 1.29 is 23.6 Å². The molecule has 10 nitrogen and oxygen atoms in total. The van der Waals surface area contributed by atoms with Gasteiger partial charge in [-0.1, -0.05) is 11.2 Å². The molecule has 2 aromatic rings. The fraction of sp³-hybridized carbons (Fsp3) is 0.565. The lowest BCUT2D eigenvalue weighted by Crippen LogP contribution is -2.56. The van der Waals surface area contributed by atoms with Gasteiger partial charge in [0.2, 0.25) is 5.91 Å². The third kappa shape index (κ3) is 4.27. The fourth-order valence-corrected chi connectivity index (χ4v) is 5.02. The molecule has 0 saturated carbocycles. The van der Waals surface area contributed by atoms with Crippen molar-refractivity contribution in [2.45, 2.75) is 64.3 Å². The first-order valence-corrected chi connectivity index (χ1v) is 11.4. The molecule has 33 heavy (non-hydrogen) atoms. The summed E-state index contributed by atoms with van der Waals surface area (Å²) in [4.78, 5) is 42.2. The molecule has 0 aliphatic carbocycles. The number of urea groups is 1. The Morgan fingerprint density at radius 1 is 1.21 bits per heavy atom. The van der Waals surface area contributed by atoms with Crippen LogP contribution in [0.15, 0.2) is 22.7 Å². The quantitative estimate of drug-likeness (QED) is 0.758. The zero-order valence-corrected chi connectivity index (χ0v) is 19.2. The lowest BCUT2D eigenvalue weighted by molar-refractivity contribution is -0.120.